The number of pyridine rings is 1. The Hall–Kier alpha value is -4.61. The molecule has 9 nitrogen and oxygen atoms in total. The predicted molar refractivity (Wildman–Crippen MR) is 115 cm³/mol. The van der Waals surface area contributed by atoms with Gasteiger partial charge in [-0.2, -0.15) is 18.3 Å². The van der Waals surface area contributed by atoms with Gasteiger partial charge in [-0.05, 0) is 48.5 Å². The quantitative estimate of drug-likeness (QED) is 0.285. The van der Waals surface area contributed by atoms with E-state index < -0.39 is 23.7 Å². The summed E-state index contributed by atoms with van der Waals surface area (Å²) in [6.45, 7) is 0. The molecule has 0 radical (unpaired) electrons. The lowest BCUT2D eigenvalue weighted by Gasteiger charge is -2.14. The maximum Gasteiger partial charge on any atom is 0.416 e. The molecular formula is C21H15F3N6O3. The first kappa shape index (κ1) is 21.6. The van der Waals surface area contributed by atoms with E-state index in [1.807, 2.05) is 11.4 Å². The summed E-state index contributed by atoms with van der Waals surface area (Å²) in [5.41, 5.74) is -0.290. The minimum absolute atomic E-state index is 0.0624. The van der Waals surface area contributed by atoms with Gasteiger partial charge < -0.3 is 15.7 Å². The van der Waals surface area contributed by atoms with Crippen LogP contribution in [-0.2, 0) is 6.18 Å². The minimum atomic E-state index is -4.75. The van der Waals surface area contributed by atoms with Crippen molar-refractivity contribution in [2.75, 3.05) is 16.0 Å². The molecule has 168 valence electrons. The molecular weight excluding hydrogens is 441 g/mol. The Balaban J connectivity index is 1.62. The summed E-state index contributed by atoms with van der Waals surface area (Å²) >= 11 is 0. The molecule has 0 saturated carbocycles. The van der Waals surface area contributed by atoms with Crippen molar-refractivity contribution in [1.29, 1.82) is 0 Å². The van der Waals surface area contributed by atoms with E-state index in [-0.39, 0.29) is 22.8 Å². The van der Waals surface area contributed by atoms with Crippen molar-refractivity contribution in [3.63, 3.8) is 0 Å². The fourth-order valence-electron chi connectivity index (χ4n) is 3.10. The number of nitrogens with one attached hydrogen (secondary N) is 4. The van der Waals surface area contributed by atoms with Crippen LogP contribution in [0, 0.1) is 0 Å². The van der Waals surface area contributed by atoms with E-state index in [0.29, 0.717) is 17.8 Å². The molecule has 0 aliphatic carbocycles. The van der Waals surface area contributed by atoms with Gasteiger partial charge in [0.15, 0.2) is 0 Å². The number of carboxylic acid groups (broad SMARTS) is 1. The smallest absolute Gasteiger partial charge is 0.416 e. The van der Waals surface area contributed by atoms with Crippen molar-refractivity contribution in [3.8, 4) is 0 Å². The van der Waals surface area contributed by atoms with Crippen LogP contribution in [0.15, 0.2) is 60.9 Å². The van der Waals surface area contributed by atoms with E-state index in [2.05, 4.69) is 25.8 Å². The van der Waals surface area contributed by atoms with E-state index in [1.165, 1.54) is 18.3 Å². The zero-order chi connectivity index (χ0) is 23.6. The first-order valence-electron chi connectivity index (χ1n) is 9.38. The van der Waals surface area contributed by atoms with Crippen molar-refractivity contribution < 1.29 is 27.9 Å². The number of amides is 2. The van der Waals surface area contributed by atoms with Gasteiger partial charge in [-0.1, -0.05) is 0 Å². The third-order valence-corrected chi connectivity index (χ3v) is 4.53. The summed E-state index contributed by atoms with van der Waals surface area (Å²) in [6.07, 6.45) is -3.18. The molecule has 0 aliphatic rings. The van der Waals surface area contributed by atoms with Crippen LogP contribution in [0.4, 0.5) is 40.8 Å². The molecule has 0 bridgehead atoms. The zero-order valence-electron chi connectivity index (χ0n) is 16.6. The van der Waals surface area contributed by atoms with Crippen LogP contribution in [0.5, 0.6) is 0 Å². The van der Waals surface area contributed by atoms with E-state index in [9.17, 15) is 22.8 Å². The summed E-state index contributed by atoms with van der Waals surface area (Å²) in [4.78, 5) is 27.9. The number of nitrogens with zero attached hydrogens (tertiary/aromatic N) is 2. The van der Waals surface area contributed by atoms with Gasteiger partial charge >= 0.3 is 12.3 Å². The first-order valence-corrected chi connectivity index (χ1v) is 9.38. The summed E-state index contributed by atoms with van der Waals surface area (Å²) in [7, 11) is 0. The van der Waals surface area contributed by atoms with Crippen LogP contribution in [-0.4, -0.2) is 32.3 Å². The van der Waals surface area contributed by atoms with Crippen LogP contribution in [0.2, 0.25) is 0 Å². The highest BCUT2D eigenvalue weighted by atomic mass is 19.4. The monoisotopic (exact) mass is 456 g/mol. The highest BCUT2D eigenvalue weighted by molar-refractivity contribution is 6.08. The number of alkyl halides is 3. The van der Waals surface area contributed by atoms with Crippen molar-refractivity contribution in [1.82, 2.24) is 15.2 Å². The molecule has 4 aromatic rings. The van der Waals surface area contributed by atoms with Gasteiger partial charge in [0.25, 0.3) is 5.91 Å². The number of aromatic amines is 1. The average molecular weight is 456 g/mol. The molecule has 0 aliphatic heterocycles. The number of hydrogen-bond acceptors (Lipinski definition) is 5. The summed E-state index contributed by atoms with van der Waals surface area (Å²) in [5.74, 6) is -0.571. The fourth-order valence-corrected chi connectivity index (χ4v) is 3.10. The molecule has 0 fully saturated rings. The highest BCUT2D eigenvalue weighted by Gasteiger charge is 2.31. The Kier molecular flexibility index (Phi) is 5.56. The third kappa shape index (κ3) is 5.01. The molecule has 33 heavy (non-hydrogen) atoms. The maximum atomic E-state index is 13.2. The number of anilines is 4. The molecule has 0 saturated heterocycles. The second-order valence-corrected chi connectivity index (χ2v) is 6.88. The Bertz CT molecular complexity index is 1350. The molecule has 12 heteroatoms. The molecule has 2 heterocycles. The molecule has 2 amide bonds. The number of fused-ring (bicyclic) bond motifs is 1. The van der Waals surface area contributed by atoms with Crippen LogP contribution in [0.1, 0.15) is 15.9 Å². The van der Waals surface area contributed by atoms with E-state index >= 15 is 0 Å². The third-order valence-electron chi connectivity index (χ3n) is 4.53. The fraction of sp³-hybridized carbons (Fsp3) is 0.0476. The Morgan fingerprint density at radius 1 is 0.970 bits per heavy atom. The Labute approximate surface area is 183 Å². The average Bonchev–Trinajstić information content (AvgIpc) is 3.21. The second-order valence-electron chi connectivity index (χ2n) is 6.88. The van der Waals surface area contributed by atoms with Gasteiger partial charge in [0.2, 0.25) is 0 Å². The summed E-state index contributed by atoms with van der Waals surface area (Å²) < 4.78 is 39.7. The molecule has 5 N–H and O–H groups in total. The predicted octanol–water partition coefficient (Wildman–Crippen LogP) is 5.06. The topological polar surface area (TPSA) is 132 Å². The second kappa shape index (κ2) is 8.49. The van der Waals surface area contributed by atoms with E-state index in [0.717, 1.165) is 17.0 Å². The number of hydrogen-bond donors (Lipinski definition) is 5. The van der Waals surface area contributed by atoms with Crippen molar-refractivity contribution in [2.24, 2.45) is 0 Å². The number of rotatable bonds is 5. The lowest BCUT2D eigenvalue weighted by atomic mass is 10.1. The number of halogens is 3. The number of benzene rings is 2. The van der Waals surface area contributed by atoms with Gasteiger partial charge in [0, 0.05) is 28.6 Å². The molecule has 4 rings (SSSR count). The minimum Gasteiger partial charge on any atom is -0.465 e. The lowest BCUT2D eigenvalue weighted by Crippen LogP contribution is -2.16. The van der Waals surface area contributed by atoms with Crippen LogP contribution in [0.3, 0.4) is 0 Å². The van der Waals surface area contributed by atoms with Crippen LogP contribution >= 0.6 is 0 Å². The van der Waals surface area contributed by atoms with Crippen LogP contribution in [0.25, 0.3) is 10.9 Å². The first-order chi connectivity index (χ1) is 15.7. The SMILES string of the molecule is O=C(O)Nc1cc(NC(=O)c2cccnc2Nc2ccc3cn[nH]c3c2)cc(C(F)(F)F)c1. The zero-order valence-corrected chi connectivity index (χ0v) is 16.6. The largest absolute Gasteiger partial charge is 0.465 e. The number of H-pyrrole nitrogens is 1. The molecule has 2 aromatic heterocycles. The van der Waals surface area contributed by atoms with Gasteiger partial charge in [-0.3, -0.25) is 15.2 Å². The number of aromatic nitrogens is 3. The maximum absolute atomic E-state index is 13.2. The number of carbonyl (C=O) groups is 2. The summed E-state index contributed by atoms with van der Waals surface area (Å²) in [6, 6.07) is 10.7. The highest BCUT2D eigenvalue weighted by Crippen LogP contribution is 2.34. The Morgan fingerprint density at radius 2 is 1.73 bits per heavy atom. The van der Waals surface area contributed by atoms with Gasteiger partial charge in [0.1, 0.15) is 5.82 Å². The summed E-state index contributed by atoms with van der Waals surface area (Å²) in [5, 5.41) is 23.7. The normalized spacial score (nSPS) is 11.2. The van der Waals surface area contributed by atoms with Gasteiger partial charge in [0.05, 0.1) is 22.8 Å². The standard InChI is InChI=1S/C21H15F3N6O3/c22-21(23,24)12-6-14(8-15(7-12)29-20(32)33)28-19(31)16-2-1-5-25-18(16)27-13-4-3-11-10-26-30-17(11)9-13/h1-10,29H,(H,25,27)(H,26,30)(H,28,31)(H,32,33). The van der Waals surface area contributed by atoms with Gasteiger partial charge in [-0.15, -0.1) is 0 Å². The Morgan fingerprint density at radius 3 is 2.45 bits per heavy atom. The lowest BCUT2D eigenvalue weighted by molar-refractivity contribution is -0.137. The van der Waals surface area contributed by atoms with Crippen molar-refractivity contribution in [2.45, 2.75) is 6.18 Å². The number of carbonyl (C=O) groups excluding carboxylic acids is 1. The molecule has 2 aromatic carbocycles. The molecule has 0 spiro atoms. The van der Waals surface area contributed by atoms with E-state index in [4.69, 9.17) is 5.11 Å². The van der Waals surface area contributed by atoms with Gasteiger partial charge in [-0.25, -0.2) is 9.78 Å². The van der Waals surface area contributed by atoms with Crippen LogP contribution < -0.4 is 16.0 Å². The molecule has 0 unspecified atom stereocenters. The van der Waals surface area contributed by atoms with E-state index in [1.54, 1.807) is 18.3 Å². The van der Waals surface area contributed by atoms with Crippen molar-refractivity contribution in [3.05, 3.63) is 72.1 Å². The molecule has 0 atom stereocenters. The van der Waals surface area contributed by atoms with Crippen molar-refractivity contribution >= 4 is 45.8 Å².